The average Bonchev–Trinajstić information content (AvgIpc) is 3.21. The molecule has 74 heavy (non-hydrogen) atoms. The van der Waals surface area contributed by atoms with E-state index in [-0.39, 0.29) is 32.4 Å². The fraction of sp³-hybridized carbons (Fsp3) is 0.875. The third-order valence-corrected chi connectivity index (χ3v) is 10.9. The van der Waals surface area contributed by atoms with Crippen molar-refractivity contribution < 1.29 is 91.8 Å². The molecular formula is C48H87N7O19. The van der Waals surface area contributed by atoms with Gasteiger partial charge >= 0.3 is 30.5 Å². The Kier molecular flexibility index (Phi) is 22.8. The van der Waals surface area contributed by atoms with E-state index in [0.717, 1.165) is 0 Å². The lowest BCUT2D eigenvalue weighted by molar-refractivity contribution is -0.305. The van der Waals surface area contributed by atoms with Gasteiger partial charge in [-0.2, -0.15) is 0 Å². The quantitative estimate of drug-likeness (QED) is 0.0979. The number of alkyl carbamates (subject to hydrolysis) is 5. The van der Waals surface area contributed by atoms with Crippen LogP contribution >= 0.6 is 0 Å². The summed E-state index contributed by atoms with van der Waals surface area (Å²) in [6.45, 7) is 23.9. The zero-order valence-corrected chi connectivity index (χ0v) is 45.9. The molecule has 6 amide bonds. The molecule has 11 N–H and O–H groups in total. The summed E-state index contributed by atoms with van der Waals surface area (Å²) in [7, 11) is 1.50. The highest BCUT2D eigenvalue weighted by molar-refractivity contribution is 5.81. The number of hydrogen-bond donors (Lipinski definition) is 11. The van der Waals surface area contributed by atoms with Gasteiger partial charge in [-0.25, -0.2) is 24.0 Å². The van der Waals surface area contributed by atoms with Crippen LogP contribution in [-0.2, 0) is 47.4 Å². The van der Waals surface area contributed by atoms with Gasteiger partial charge in [0.05, 0.1) is 55.1 Å². The van der Waals surface area contributed by atoms with Crippen molar-refractivity contribution in [1.82, 2.24) is 37.2 Å². The molecule has 6 unspecified atom stereocenters. The van der Waals surface area contributed by atoms with Crippen LogP contribution in [0.2, 0.25) is 0 Å². The van der Waals surface area contributed by atoms with Crippen LogP contribution in [0, 0.1) is 0 Å². The smallest absolute Gasteiger partial charge is 0.408 e. The predicted octanol–water partition coefficient (Wildman–Crippen LogP) is 1.66. The molecule has 2 heterocycles. The van der Waals surface area contributed by atoms with Crippen LogP contribution < -0.4 is 37.2 Å². The van der Waals surface area contributed by atoms with Gasteiger partial charge in [-0.15, -0.1) is 0 Å². The fourth-order valence-corrected chi connectivity index (χ4v) is 8.06. The third kappa shape index (κ3) is 22.0. The van der Waals surface area contributed by atoms with E-state index in [0.29, 0.717) is 6.42 Å². The van der Waals surface area contributed by atoms with Gasteiger partial charge in [-0.1, -0.05) is 0 Å². The molecule has 1 aliphatic carbocycles. The minimum Gasteiger partial charge on any atom is -0.444 e. The molecule has 26 heteroatoms. The van der Waals surface area contributed by atoms with Crippen molar-refractivity contribution in [3.63, 3.8) is 0 Å². The molecule has 0 aromatic rings. The minimum atomic E-state index is -1.88. The van der Waals surface area contributed by atoms with Crippen LogP contribution in [0.25, 0.3) is 0 Å². The second-order valence-corrected chi connectivity index (χ2v) is 23.6. The first-order chi connectivity index (χ1) is 33.9. The number of carbonyl (C=O) groups is 6. The maximum atomic E-state index is 14.0. The molecule has 0 radical (unpaired) electrons. The molecule has 0 spiro atoms. The number of ether oxygens (including phenoxy) is 9. The second-order valence-electron chi connectivity index (χ2n) is 23.6. The molecule has 14 atom stereocenters. The molecule has 3 aliphatic rings. The monoisotopic (exact) mass is 1070 g/mol. The van der Waals surface area contributed by atoms with Crippen LogP contribution in [0.4, 0.5) is 24.0 Å². The number of aliphatic hydroxyl groups excluding tert-OH is 4. The van der Waals surface area contributed by atoms with Crippen LogP contribution in [0.3, 0.4) is 0 Å². The van der Waals surface area contributed by atoms with E-state index < -0.39 is 157 Å². The standard InChI is InChI=1S/C48H87N7O19/c1-44(2,3)70-39(61)50-20-19-28(57)36(60)52-26-21-27(54-42(64)73-47(10,11)12)35(31(49-16)34(26)69-38-33(59)30(32(58)29(23-56)67-38)55-43(65)74-48(13,14)15)68-37-25(53-41(63)72-46(7,8)9)18-17-24(66-37)22-51-40(62)71-45(4,5)6/h24-35,37-38,49,56-59H,17-23H2,1-16H3,(H,50,61)(H,51,62)(H,52,60)(H,53,63)(H,54,64)(H,55,65)/t24?,25?,26-,27-,28+,29?,30+,31?,32-,33?,34+,35?,37-,38-/m1/s1. The van der Waals surface area contributed by atoms with E-state index >= 15 is 0 Å². The Labute approximate surface area is 434 Å². The fourth-order valence-electron chi connectivity index (χ4n) is 8.06. The van der Waals surface area contributed by atoms with Crippen molar-refractivity contribution in [2.75, 3.05) is 26.7 Å². The van der Waals surface area contributed by atoms with E-state index in [1.54, 1.807) is 104 Å². The first-order valence-corrected chi connectivity index (χ1v) is 25.0. The zero-order chi connectivity index (χ0) is 56.3. The summed E-state index contributed by atoms with van der Waals surface area (Å²) in [6.07, 6.45) is -17.5. The van der Waals surface area contributed by atoms with Crippen LogP contribution in [0.15, 0.2) is 0 Å². The molecule has 0 aromatic carbocycles. The van der Waals surface area contributed by atoms with Crippen molar-refractivity contribution in [1.29, 1.82) is 0 Å². The highest BCUT2D eigenvalue weighted by Crippen LogP contribution is 2.34. The lowest BCUT2D eigenvalue weighted by Crippen LogP contribution is -2.72. The number of nitrogens with one attached hydrogen (secondary N) is 7. The van der Waals surface area contributed by atoms with Gasteiger partial charge in [0.1, 0.15) is 52.4 Å². The van der Waals surface area contributed by atoms with E-state index in [1.807, 2.05) is 0 Å². The van der Waals surface area contributed by atoms with Crippen LogP contribution in [0.1, 0.15) is 130 Å². The summed E-state index contributed by atoms with van der Waals surface area (Å²) in [4.78, 5) is 79.2. The Balaban J connectivity index is 2.16. The Morgan fingerprint density at radius 1 is 0.554 bits per heavy atom. The van der Waals surface area contributed by atoms with Crippen molar-refractivity contribution in [2.24, 2.45) is 0 Å². The molecule has 3 fully saturated rings. The lowest BCUT2D eigenvalue weighted by Gasteiger charge is -2.51. The van der Waals surface area contributed by atoms with E-state index in [4.69, 9.17) is 42.6 Å². The lowest BCUT2D eigenvalue weighted by atomic mass is 9.81. The molecule has 2 aliphatic heterocycles. The Bertz CT molecular complexity index is 1860. The topological polar surface area (TPSA) is 351 Å². The molecule has 3 rings (SSSR count). The largest absolute Gasteiger partial charge is 0.444 e. The van der Waals surface area contributed by atoms with Gasteiger partial charge < -0.3 is 100 Å². The molecule has 428 valence electrons. The first-order valence-electron chi connectivity index (χ1n) is 25.0. The highest BCUT2D eigenvalue weighted by atomic mass is 16.7. The summed E-state index contributed by atoms with van der Waals surface area (Å²) < 4.78 is 53.1. The SMILES string of the molecule is CNC1C(O[C@H]2OC(CNC(=O)OC(C)(C)C)CCC2NC(=O)OC(C)(C)C)[C@H](NC(=O)OC(C)(C)C)C[C@@H](NC(=O)[C@@H](O)CCNC(=O)OC(C)(C)C)[C@@H]1O[C@H]1OC(CO)[C@@H](O)[C@H](NC(=O)OC(C)(C)C)C1O. The maximum absolute atomic E-state index is 14.0. The first kappa shape index (κ1) is 63.8. The van der Waals surface area contributed by atoms with Gasteiger partial charge in [0, 0.05) is 13.1 Å². The van der Waals surface area contributed by atoms with Gasteiger partial charge in [0.2, 0.25) is 5.91 Å². The van der Waals surface area contributed by atoms with Crippen molar-refractivity contribution in [2.45, 2.75) is 243 Å². The molecule has 1 saturated carbocycles. The summed E-state index contributed by atoms with van der Waals surface area (Å²) in [5, 5.41) is 63.7. The maximum Gasteiger partial charge on any atom is 0.408 e. The molecule has 2 saturated heterocycles. The average molecular weight is 1070 g/mol. The number of aliphatic hydroxyl groups is 4. The minimum absolute atomic E-state index is 0.0453. The Morgan fingerprint density at radius 2 is 1.00 bits per heavy atom. The summed E-state index contributed by atoms with van der Waals surface area (Å²) >= 11 is 0. The summed E-state index contributed by atoms with van der Waals surface area (Å²) in [6, 6.07) is -6.05. The number of hydrogen-bond acceptors (Lipinski definition) is 20. The predicted molar refractivity (Wildman–Crippen MR) is 263 cm³/mol. The molecule has 26 nitrogen and oxygen atoms in total. The number of rotatable bonds is 16. The molecule has 0 aromatic heterocycles. The second kappa shape index (κ2) is 26.5. The van der Waals surface area contributed by atoms with E-state index in [2.05, 4.69) is 37.2 Å². The van der Waals surface area contributed by atoms with Gasteiger partial charge in [-0.3, -0.25) is 4.79 Å². The summed E-state index contributed by atoms with van der Waals surface area (Å²) in [5.41, 5.74) is -4.50. The molecular weight excluding hydrogens is 979 g/mol. The zero-order valence-electron chi connectivity index (χ0n) is 45.9. The van der Waals surface area contributed by atoms with Crippen LogP contribution in [0.5, 0.6) is 0 Å². The Hall–Kier alpha value is -4.54. The van der Waals surface area contributed by atoms with Crippen molar-refractivity contribution in [3.8, 4) is 0 Å². The third-order valence-electron chi connectivity index (χ3n) is 10.9. The normalized spacial score (nSPS) is 29.3. The molecule has 0 bridgehead atoms. The van der Waals surface area contributed by atoms with E-state index in [9.17, 15) is 49.2 Å². The number of carbonyl (C=O) groups excluding carboxylic acids is 6. The van der Waals surface area contributed by atoms with Crippen molar-refractivity contribution >= 4 is 36.4 Å². The van der Waals surface area contributed by atoms with Crippen LogP contribution in [-0.4, -0.2) is 197 Å². The highest BCUT2D eigenvalue weighted by Gasteiger charge is 2.54. The summed E-state index contributed by atoms with van der Waals surface area (Å²) in [5.74, 6) is -0.948. The van der Waals surface area contributed by atoms with Gasteiger partial charge in [0.25, 0.3) is 0 Å². The van der Waals surface area contributed by atoms with Crippen molar-refractivity contribution in [3.05, 3.63) is 0 Å². The van der Waals surface area contributed by atoms with Gasteiger partial charge in [-0.05, 0) is 137 Å². The Morgan fingerprint density at radius 3 is 1.49 bits per heavy atom. The van der Waals surface area contributed by atoms with Gasteiger partial charge in [0.15, 0.2) is 12.6 Å². The van der Waals surface area contributed by atoms with E-state index in [1.165, 1.54) is 7.05 Å². The number of amides is 6. The number of likely N-dealkylation sites (N-methyl/N-ethyl adjacent to an activating group) is 1.